The molecule has 0 radical (unpaired) electrons. The van der Waals surface area contributed by atoms with Crippen molar-refractivity contribution in [3.05, 3.63) is 59.7 Å². The molecule has 0 amide bonds. The number of ether oxygens (including phenoxy) is 1. The first-order valence-electron chi connectivity index (χ1n) is 13.5. The quantitative estimate of drug-likeness (QED) is 0.287. The van der Waals surface area contributed by atoms with Gasteiger partial charge in [-0.05, 0) is 104 Å². The first-order valence-corrected chi connectivity index (χ1v) is 13.5. The number of benzene rings is 2. The molecule has 0 heterocycles. The number of rotatable bonds is 9. The highest BCUT2D eigenvalue weighted by atomic mass is 16.6. The summed E-state index contributed by atoms with van der Waals surface area (Å²) in [6, 6.07) is 16.9. The van der Waals surface area contributed by atoms with Gasteiger partial charge in [-0.1, -0.05) is 69.5 Å². The Morgan fingerprint density at radius 3 is 2.18 bits per heavy atom. The Labute approximate surface area is 200 Å². The molecule has 4 unspecified atom stereocenters. The van der Waals surface area contributed by atoms with E-state index in [1.165, 1.54) is 68.9 Å². The summed E-state index contributed by atoms with van der Waals surface area (Å²) in [5, 5.41) is 0. The molecule has 0 aliphatic heterocycles. The Bertz CT molecular complexity index is 959. The standard InChI is InChI=1S/C31H40O2/c1-3-5-6-7-23-8-10-24(11-9-23)25-12-14-26(15-13-25)29(32)33-31-20-19-30(18-4-2)21-28(31)17-16-27(30)22-31/h8-15,27-28H,3-7,16-22H2,1-2H3. The average Bonchev–Trinajstić information content (AvgIpc) is 2.85. The van der Waals surface area contributed by atoms with E-state index in [0.29, 0.717) is 16.9 Å². The number of aryl methyl sites for hydroxylation is 1. The van der Waals surface area contributed by atoms with Gasteiger partial charge in [0.05, 0.1) is 5.56 Å². The monoisotopic (exact) mass is 444 g/mol. The van der Waals surface area contributed by atoms with Gasteiger partial charge in [0.1, 0.15) is 5.60 Å². The molecule has 7 rings (SSSR count). The highest BCUT2D eigenvalue weighted by molar-refractivity contribution is 5.90. The summed E-state index contributed by atoms with van der Waals surface area (Å²) in [7, 11) is 0. The van der Waals surface area contributed by atoms with Gasteiger partial charge in [-0.3, -0.25) is 0 Å². The molecule has 33 heavy (non-hydrogen) atoms. The summed E-state index contributed by atoms with van der Waals surface area (Å²) < 4.78 is 6.38. The van der Waals surface area contributed by atoms with Crippen LogP contribution >= 0.6 is 0 Å². The second-order valence-corrected chi connectivity index (χ2v) is 11.2. The van der Waals surface area contributed by atoms with E-state index >= 15 is 0 Å². The van der Waals surface area contributed by atoms with Crippen LogP contribution in [0.5, 0.6) is 0 Å². The molecule has 0 N–H and O–H groups in total. The fourth-order valence-corrected chi connectivity index (χ4v) is 7.48. The van der Waals surface area contributed by atoms with Crippen molar-refractivity contribution in [2.24, 2.45) is 17.3 Å². The molecule has 5 saturated carbocycles. The first kappa shape index (κ1) is 22.7. The van der Waals surface area contributed by atoms with E-state index in [-0.39, 0.29) is 11.6 Å². The Kier molecular flexibility index (Phi) is 6.38. The van der Waals surface area contributed by atoms with E-state index < -0.39 is 0 Å². The van der Waals surface area contributed by atoms with Crippen molar-refractivity contribution in [1.29, 1.82) is 0 Å². The lowest BCUT2D eigenvalue weighted by molar-refractivity contribution is -0.204. The number of esters is 1. The third-order valence-electron chi connectivity index (χ3n) is 9.29. The molecule has 0 saturated heterocycles. The Hall–Kier alpha value is -2.09. The molecule has 2 nitrogen and oxygen atoms in total. The number of fused-ring (bicyclic) bond motifs is 2. The van der Waals surface area contributed by atoms with Crippen molar-refractivity contribution in [1.82, 2.24) is 0 Å². The number of hydrogen-bond donors (Lipinski definition) is 0. The summed E-state index contributed by atoms with van der Waals surface area (Å²) >= 11 is 0. The average molecular weight is 445 g/mol. The lowest BCUT2D eigenvalue weighted by atomic mass is 9.43. The van der Waals surface area contributed by atoms with E-state index in [1.807, 2.05) is 12.1 Å². The minimum Gasteiger partial charge on any atom is -0.455 e. The van der Waals surface area contributed by atoms with Crippen LogP contribution in [0.25, 0.3) is 11.1 Å². The molecule has 2 aromatic carbocycles. The zero-order valence-electron chi connectivity index (χ0n) is 20.6. The van der Waals surface area contributed by atoms with E-state index in [1.54, 1.807) is 0 Å². The Morgan fingerprint density at radius 2 is 1.55 bits per heavy atom. The zero-order chi connectivity index (χ0) is 22.9. The van der Waals surface area contributed by atoms with Crippen LogP contribution < -0.4 is 0 Å². The normalized spacial score (nSPS) is 29.9. The summed E-state index contributed by atoms with van der Waals surface area (Å²) in [6.45, 7) is 4.57. The highest BCUT2D eigenvalue weighted by Crippen LogP contribution is 2.67. The van der Waals surface area contributed by atoms with E-state index in [0.717, 1.165) is 30.7 Å². The molecular formula is C31H40O2. The third kappa shape index (κ3) is 4.27. The SMILES string of the molecule is CCCCCc1ccc(-c2ccc(C(=O)OC34CCC5(CCC)CC3CCC5C4)cc2)cc1. The molecule has 2 aromatic rings. The smallest absolute Gasteiger partial charge is 0.338 e. The molecule has 4 bridgehead atoms. The van der Waals surface area contributed by atoms with Crippen LogP contribution in [0.4, 0.5) is 0 Å². The van der Waals surface area contributed by atoms with Gasteiger partial charge >= 0.3 is 5.97 Å². The van der Waals surface area contributed by atoms with E-state index in [2.05, 4.69) is 50.2 Å². The van der Waals surface area contributed by atoms with Gasteiger partial charge in [-0.25, -0.2) is 4.79 Å². The van der Waals surface area contributed by atoms with Crippen molar-refractivity contribution in [2.45, 2.75) is 96.5 Å². The van der Waals surface area contributed by atoms with Crippen molar-refractivity contribution in [3.63, 3.8) is 0 Å². The zero-order valence-corrected chi connectivity index (χ0v) is 20.6. The predicted molar refractivity (Wildman–Crippen MR) is 135 cm³/mol. The predicted octanol–water partition coefficient (Wildman–Crippen LogP) is 8.38. The summed E-state index contributed by atoms with van der Waals surface area (Å²) in [5.74, 6) is 1.21. The Morgan fingerprint density at radius 1 is 0.848 bits per heavy atom. The molecule has 5 aliphatic rings. The van der Waals surface area contributed by atoms with Gasteiger partial charge in [0.2, 0.25) is 0 Å². The fraction of sp³-hybridized carbons (Fsp3) is 0.581. The van der Waals surface area contributed by atoms with Gasteiger partial charge in [-0.2, -0.15) is 0 Å². The van der Waals surface area contributed by atoms with Crippen molar-refractivity contribution < 1.29 is 9.53 Å². The lowest BCUT2D eigenvalue weighted by Gasteiger charge is -2.65. The first-order chi connectivity index (χ1) is 16.1. The molecular weight excluding hydrogens is 404 g/mol. The highest BCUT2D eigenvalue weighted by Gasteiger charge is 2.63. The van der Waals surface area contributed by atoms with Crippen molar-refractivity contribution in [3.8, 4) is 11.1 Å². The van der Waals surface area contributed by atoms with Gasteiger partial charge in [0.15, 0.2) is 0 Å². The maximum Gasteiger partial charge on any atom is 0.338 e. The molecule has 2 heteroatoms. The van der Waals surface area contributed by atoms with Gasteiger partial charge < -0.3 is 4.74 Å². The maximum atomic E-state index is 13.2. The van der Waals surface area contributed by atoms with Crippen molar-refractivity contribution in [2.75, 3.05) is 0 Å². The van der Waals surface area contributed by atoms with Gasteiger partial charge in [0, 0.05) is 0 Å². The maximum absolute atomic E-state index is 13.2. The number of carbonyl (C=O) groups is 1. The van der Waals surface area contributed by atoms with Crippen LogP contribution in [0, 0.1) is 17.3 Å². The second-order valence-electron chi connectivity index (χ2n) is 11.2. The van der Waals surface area contributed by atoms with Crippen LogP contribution in [0.2, 0.25) is 0 Å². The molecule has 4 atom stereocenters. The number of unbranched alkanes of at least 4 members (excludes halogenated alkanes) is 2. The molecule has 176 valence electrons. The van der Waals surface area contributed by atoms with Gasteiger partial charge in [-0.15, -0.1) is 0 Å². The second kappa shape index (κ2) is 9.28. The van der Waals surface area contributed by atoms with Crippen LogP contribution in [-0.4, -0.2) is 11.6 Å². The lowest BCUT2D eigenvalue weighted by Crippen LogP contribution is -2.62. The largest absolute Gasteiger partial charge is 0.455 e. The van der Waals surface area contributed by atoms with Crippen LogP contribution in [-0.2, 0) is 11.2 Å². The van der Waals surface area contributed by atoms with Crippen LogP contribution in [0.1, 0.15) is 100 Å². The molecule has 5 aliphatic carbocycles. The van der Waals surface area contributed by atoms with Crippen LogP contribution in [0.3, 0.4) is 0 Å². The fourth-order valence-electron chi connectivity index (χ4n) is 7.48. The van der Waals surface area contributed by atoms with Crippen LogP contribution in [0.15, 0.2) is 48.5 Å². The summed E-state index contributed by atoms with van der Waals surface area (Å²) in [4.78, 5) is 13.2. The topological polar surface area (TPSA) is 26.3 Å². The minimum atomic E-state index is -0.193. The molecule has 5 fully saturated rings. The Balaban J connectivity index is 1.24. The number of hydrogen-bond acceptors (Lipinski definition) is 2. The van der Waals surface area contributed by atoms with Crippen molar-refractivity contribution >= 4 is 5.97 Å². The minimum absolute atomic E-state index is 0.122. The van der Waals surface area contributed by atoms with E-state index in [4.69, 9.17) is 4.74 Å². The summed E-state index contributed by atoms with van der Waals surface area (Å²) in [5.41, 5.74) is 4.82. The molecule has 0 aromatic heterocycles. The third-order valence-corrected chi connectivity index (χ3v) is 9.29. The molecule has 0 spiro atoms. The van der Waals surface area contributed by atoms with E-state index in [9.17, 15) is 4.79 Å². The summed E-state index contributed by atoms with van der Waals surface area (Å²) in [6.07, 6.45) is 14.9. The number of carbonyl (C=O) groups excluding carboxylic acids is 1. The van der Waals surface area contributed by atoms with Gasteiger partial charge in [0.25, 0.3) is 0 Å².